The molecule has 1 amide bonds. The first-order valence-corrected chi connectivity index (χ1v) is 10.5. The van der Waals surface area contributed by atoms with E-state index in [1.54, 1.807) is 24.6 Å². The summed E-state index contributed by atoms with van der Waals surface area (Å²) in [6.07, 6.45) is 6.21. The van der Waals surface area contributed by atoms with E-state index in [4.69, 9.17) is 5.73 Å². The standard InChI is InChI=1S/C23H31F3N4O/c1-5-19(23(24,25)26)12-20(8-6-7-9-30-13-16(3)28-14-30)29-22(31)18-10-15(2)17(4)21(27)11-18/h8,10-15,17H,5-7,9,27H2,1-4H3,(H,29,31)/b19-12+,20-8+/t15?,17-/m1/s1. The Balaban J connectivity index is 2.17. The maximum Gasteiger partial charge on any atom is 0.412 e. The second-order valence-corrected chi connectivity index (χ2v) is 7.94. The molecule has 1 aliphatic rings. The molecule has 0 spiro atoms. The van der Waals surface area contributed by atoms with Gasteiger partial charge in [-0.3, -0.25) is 4.79 Å². The molecule has 0 fully saturated rings. The molecule has 1 heterocycles. The highest BCUT2D eigenvalue weighted by atomic mass is 19.4. The molecule has 8 heteroatoms. The van der Waals surface area contributed by atoms with Gasteiger partial charge in [-0.05, 0) is 44.3 Å². The van der Waals surface area contributed by atoms with Gasteiger partial charge < -0.3 is 15.6 Å². The minimum Gasteiger partial charge on any atom is -0.402 e. The van der Waals surface area contributed by atoms with Crippen molar-refractivity contribution in [3.05, 3.63) is 65.1 Å². The number of rotatable bonds is 8. The van der Waals surface area contributed by atoms with E-state index in [0.717, 1.165) is 11.8 Å². The summed E-state index contributed by atoms with van der Waals surface area (Å²) in [4.78, 5) is 16.9. The lowest BCUT2D eigenvalue weighted by Crippen LogP contribution is -2.28. The van der Waals surface area contributed by atoms with Crippen molar-refractivity contribution in [3.8, 4) is 0 Å². The highest BCUT2D eigenvalue weighted by Gasteiger charge is 2.32. The first-order chi connectivity index (χ1) is 14.5. The van der Waals surface area contributed by atoms with Crippen LogP contribution in [0.2, 0.25) is 0 Å². The third-order valence-corrected chi connectivity index (χ3v) is 5.42. The molecule has 0 aromatic carbocycles. The Morgan fingerprint density at radius 3 is 2.61 bits per heavy atom. The van der Waals surface area contributed by atoms with Gasteiger partial charge in [0.1, 0.15) is 0 Å². The molecule has 1 aromatic rings. The van der Waals surface area contributed by atoms with Gasteiger partial charge in [0, 0.05) is 41.2 Å². The number of nitrogens with zero attached hydrogens (tertiary/aromatic N) is 2. The van der Waals surface area contributed by atoms with Crippen LogP contribution in [-0.2, 0) is 11.3 Å². The number of aromatic nitrogens is 2. The normalized spacial score (nSPS) is 20.4. The van der Waals surface area contributed by atoms with Crippen LogP contribution in [0.5, 0.6) is 0 Å². The van der Waals surface area contributed by atoms with Gasteiger partial charge in [0.25, 0.3) is 5.91 Å². The lowest BCUT2D eigenvalue weighted by molar-refractivity contribution is -0.116. The SMILES string of the molecule is CC/C(=C\C(=C/CCCn1cnc(C)c1)NC(=O)C1=CC(C)[C@@H](C)C(N)=C1)C(F)(F)F. The topological polar surface area (TPSA) is 72.9 Å². The van der Waals surface area contributed by atoms with Crippen LogP contribution in [0.3, 0.4) is 0 Å². The van der Waals surface area contributed by atoms with E-state index in [1.165, 1.54) is 6.92 Å². The van der Waals surface area contributed by atoms with E-state index in [1.807, 2.05) is 31.5 Å². The molecule has 0 saturated heterocycles. The number of halogens is 3. The molecule has 1 aliphatic carbocycles. The second kappa shape index (κ2) is 10.5. The lowest BCUT2D eigenvalue weighted by Gasteiger charge is -2.23. The number of aryl methyl sites for hydroxylation is 2. The third-order valence-electron chi connectivity index (χ3n) is 5.42. The molecule has 3 N–H and O–H groups in total. The van der Waals surface area contributed by atoms with Gasteiger partial charge in [-0.25, -0.2) is 4.98 Å². The second-order valence-electron chi connectivity index (χ2n) is 7.94. The third kappa shape index (κ3) is 7.15. The zero-order valence-electron chi connectivity index (χ0n) is 18.5. The quantitative estimate of drug-likeness (QED) is 0.449. The van der Waals surface area contributed by atoms with Crippen molar-refractivity contribution in [3.63, 3.8) is 0 Å². The highest BCUT2D eigenvalue weighted by molar-refractivity contribution is 5.97. The fourth-order valence-electron chi connectivity index (χ4n) is 3.28. The molecular formula is C23H31F3N4O. The van der Waals surface area contributed by atoms with Crippen LogP contribution in [0.1, 0.15) is 45.7 Å². The van der Waals surface area contributed by atoms with E-state index in [9.17, 15) is 18.0 Å². The average Bonchev–Trinajstić information content (AvgIpc) is 3.10. The molecule has 170 valence electrons. The smallest absolute Gasteiger partial charge is 0.402 e. The van der Waals surface area contributed by atoms with Crippen LogP contribution >= 0.6 is 0 Å². The number of amides is 1. The van der Waals surface area contributed by atoms with Gasteiger partial charge in [-0.1, -0.05) is 32.9 Å². The molecule has 1 unspecified atom stereocenters. The van der Waals surface area contributed by atoms with E-state index in [0.29, 0.717) is 30.7 Å². The fourth-order valence-corrected chi connectivity index (χ4v) is 3.28. The molecule has 0 bridgehead atoms. The van der Waals surface area contributed by atoms with Crippen molar-refractivity contribution in [2.75, 3.05) is 0 Å². The minimum atomic E-state index is -4.45. The molecule has 1 aromatic heterocycles. The number of nitrogens with two attached hydrogens (primary N) is 1. The van der Waals surface area contributed by atoms with Crippen LogP contribution in [0.15, 0.2) is 59.4 Å². The fraction of sp³-hybridized carbons (Fsp3) is 0.478. The first-order valence-electron chi connectivity index (χ1n) is 10.5. The Labute approximate surface area is 181 Å². The van der Waals surface area contributed by atoms with E-state index in [2.05, 4.69) is 10.3 Å². The zero-order chi connectivity index (χ0) is 23.2. The predicted molar refractivity (Wildman–Crippen MR) is 116 cm³/mol. The number of nitrogens with one attached hydrogen (secondary N) is 1. The van der Waals surface area contributed by atoms with Crippen molar-refractivity contribution in [1.82, 2.24) is 14.9 Å². The lowest BCUT2D eigenvalue weighted by atomic mass is 9.86. The molecule has 0 aliphatic heterocycles. The van der Waals surface area contributed by atoms with Crippen LogP contribution in [0.25, 0.3) is 0 Å². The average molecular weight is 437 g/mol. The highest BCUT2D eigenvalue weighted by Crippen LogP contribution is 2.29. The first kappa shape index (κ1) is 24.5. The Morgan fingerprint density at radius 2 is 2.06 bits per heavy atom. The van der Waals surface area contributed by atoms with Crippen LogP contribution < -0.4 is 11.1 Å². The minimum absolute atomic E-state index is 0.0636. The number of carbonyl (C=O) groups is 1. The van der Waals surface area contributed by atoms with Crippen LogP contribution in [0.4, 0.5) is 13.2 Å². The van der Waals surface area contributed by atoms with Crippen molar-refractivity contribution >= 4 is 5.91 Å². The van der Waals surface area contributed by atoms with Crippen molar-refractivity contribution in [2.24, 2.45) is 17.6 Å². The summed E-state index contributed by atoms with van der Waals surface area (Å²) in [7, 11) is 0. The molecule has 2 atom stereocenters. The number of hydrogen-bond donors (Lipinski definition) is 2. The number of carbonyl (C=O) groups excluding carboxylic acids is 1. The monoisotopic (exact) mass is 436 g/mol. The molecule has 2 rings (SSSR count). The Bertz CT molecular complexity index is 906. The number of alkyl halides is 3. The summed E-state index contributed by atoms with van der Waals surface area (Å²) in [6.45, 7) is 7.93. The molecular weight excluding hydrogens is 405 g/mol. The Morgan fingerprint density at radius 1 is 1.35 bits per heavy atom. The van der Waals surface area contributed by atoms with E-state index >= 15 is 0 Å². The van der Waals surface area contributed by atoms with Crippen molar-refractivity contribution in [1.29, 1.82) is 0 Å². The van der Waals surface area contributed by atoms with Gasteiger partial charge >= 0.3 is 6.18 Å². The van der Waals surface area contributed by atoms with Crippen molar-refractivity contribution < 1.29 is 18.0 Å². The Kier molecular flexibility index (Phi) is 8.30. The summed E-state index contributed by atoms with van der Waals surface area (Å²) >= 11 is 0. The zero-order valence-corrected chi connectivity index (χ0v) is 18.5. The number of imidazole rings is 1. The number of hydrogen-bond acceptors (Lipinski definition) is 3. The van der Waals surface area contributed by atoms with Gasteiger partial charge in [0.2, 0.25) is 0 Å². The summed E-state index contributed by atoms with van der Waals surface area (Å²) in [5.41, 5.74) is 7.29. The largest absolute Gasteiger partial charge is 0.412 e. The van der Waals surface area contributed by atoms with E-state index < -0.39 is 17.7 Å². The van der Waals surface area contributed by atoms with Gasteiger partial charge in [-0.2, -0.15) is 13.2 Å². The van der Waals surface area contributed by atoms with Crippen LogP contribution in [0, 0.1) is 18.8 Å². The van der Waals surface area contributed by atoms with Gasteiger partial charge in [-0.15, -0.1) is 0 Å². The predicted octanol–water partition coefficient (Wildman–Crippen LogP) is 4.93. The molecule has 31 heavy (non-hydrogen) atoms. The van der Waals surface area contributed by atoms with Gasteiger partial charge in [0.15, 0.2) is 0 Å². The summed E-state index contributed by atoms with van der Waals surface area (Å²) < 4.78 is 41.7. The molecule has 0 radical (unpaired) electrons. The number of unbranched alkanes of at least 4 members (excludes halogenated alkanes) is 1. The summed E-state index contributed by atoms with van der Waals surface area (Å²) in [5, 5.41) is 2.64. The molecule has 0 saturated carbocycles. The summed E-state index contributed by atoms with van der Waals surface area (Å²) in [5.74, 6) is -0.295. The maximum absolute atomic E-state index is 13.3. The Hall–Kier alpha value is -2.77. The number of allylic oxidation sites excluding steroid dienone is 5. The molecule has 5 nitrogen and oxygen atoms in total. The van der Waals surface area contributed by atoms with Crippen molar-refractivity contribution in [2.45, 2.75) is 59.7 Å². The maximum atomic E-state index is 13.3. The summed E-state index contributed by atoms with van der Waals surface area (Å²) in [6, 6.07) is 0. The van der Waals surface area contributed by atoms with Crippen LogP contribution in [-0.4, -0.2) is 21.6 Å². The van der Waals surface area contributed by atoms with E-state index in [-0.39, 0.29) is 24.0 Å². The van der Waals surface area contributed by atoms with Gasteiger partial charge in [0.05, 0.1) is 12.0 Å².